The van der Waals surface area contributed by atoms with Gasteiger partial charge in [-0.1, -0.05) is 42.5 Å². The number of hydrogen-bond acceptors (Lipinski definition) is 3. The normalized spacial score (nSPS) is 11.0. The maximum absolute atomic E-state index is 12.2. The van der Waals surface area contributed by atoms with Gasteiger partial charge >= 0.3 is 5.97 Å². The van der Waals surface area contributed by atoms with E-state index in [0.717, 1.165) is 4.47 Å². The maximum Gasteiger partial charge on any atom is 0.352 e. The highest BCUT2D eigenvalue weighted by molar-refractivity contribution is 9.10. The lowest BCUT2D eigenvalue weighted by atomic mass is 10.1. The van der Waals surface area contributed by atoms with Crippen molar-refractivity contribution >= 4 is 33.9 Å². The average Bonchev–Trinajstić information content (AvgIpc) is 2.71. The summed E-state index contributed by atoms with van der Waals surface area (Å²) in [6, 6.07) is 22.8. The summed E-state index contributed by atoms with van der Waals surface area (Å²) in [5.41, 5.74) is 0.783. The second-order valence-corrected chi connectivity index (χ2v) is 6.64. The number of ether oxygens (including phenoxy) is 1. The first kappa shape index (κ1) is 19.4. The summed E-state index contributed by atoms with van der Waals surface area (Å²) in [6.07, 6.45) is 1.39. The van der Waals surface area contributed by atoms with E-state index in [1.54, 1.807) is 54.6 Å². The fraction of sp³-hybridized carbons (Fsp3) is 0. The van der Waals surface area contributed by atoms with E-state index in [2.05, 4.69) is 21.2 Å². The Labute approximate surface area is 170 Å². The topological polar surface area (TPSA) is 75.6 Å². The summed E-state index contributed by atoms with van der Waals surface area (Å²) in [5, 5.41) is 11.8. The van der Waals surface area contributed by atoms with Crippen LogP contribution in [-0.2, 0) is 4.79 Å². The maximum atomic E-state index is 12.2. The minimum absolute atomic E-state index is 0.215. The number of rotatable bonds is 6. The molecule has 2 N–H and O–H groups in total. The number of para-hydroxylation sites is 1. The second-order valence-electron chi connectivity index (χ2n) is 5.78. The van der Waals surface area contributed by atoms with Crippen molar-refractivity contribution in [1.82, 2.24) is 5.32 Å². The van der Waals surface area contributed by atoms with Crippen molar-refractivity contribution in [2.45, 2.75) is 0 Å². The van der Waals surface area contributed by atoms with Gasteiger partial charge in [0.1, 0.15) is 17.2 Å². The van der Waals surface area contributed by atoms with Crippen molar-refractivity contribution in [2.24, 2.45) is 0 Å². The first-order chi connectivity index (χ1) is 13.5. The molecule has 0 aliphatic carbocycles. The highest BCUT2D eigenvalue weighted by Gasteiger charge is 2.13. The van der Waals surface area contributed by atoms with E-state index >= 15 is 0 Å². The van der Waals surface area contributed by atoms with Gasteiger partial charge in [0, 0.05) is 5.56 Å². The third kappa shape index (κ3) is 5.08. The van der Waals surface area contributed by atoms with Crippen LogP contribution in [0.25, 0.3) is 6.08 Å². The number of carboxylic acid groups (broad SMARTS) is 1. The number of halogens is 1. The molecule has 3 rings (SSSR count). The Morgan fingerprint density at radius 3 is 2.18 bits per heavy atom. The summed E-state index contributed by atoms with van der Waals surface area (Å²) in [4.78, 5) is 23.7. The van der Waals surface area contributed by atoms with Gasteiger partial charge in [0.25, 0.3) is 5.91 Å². The molecule has 3 aromatic rings. The van der Waals surface area contributed by atoms with E-state index in [9.17, 15) is 14.7 Å². The Hall–Kier alpha value is -3.38. The number of carbonyl (C=O) groups excluding carboxylic acids is 1. The monoisotopic (exact) mass is 437 g/mol. The Morgan fingerprint density at radius 1 is 0.893 bits per heavy atom. The molecule has 0 aliphatic heterocycles. The molecule has 140 valence electrons. The molecule has 0 aromatic heterocycles. The number of amides is 1. The summed E-state index contributed by atoms with van der Waals surface area (Å²) in [7, 11) is 0. The number of benzene rings is 3. The zero-order chi connectivity index (χ0) is 19.9. The average molecular weight is 438 g/mol. The Kier molecular flexibility index (Phi) is 6.24. The highest BCUT2D eigenvalue weighted by atomic mass is 79.9. The minimum Gasteiger partial charge on any atom is -0.477 e. The van der Waals surface area contributed by atoms with Gasteiger partial charge in [0.15, 0.2) is 0 Å². The van der Waals surface area contributed by atoms with E-state index in [-0.39, 0.29) is 5.70 Å². The predicted molar refractivity (Wildman–Crippen MR) is 110 cm³/mol. The molecule has 3 aromatic carbocycles. The van der Waals surface area contributed by atoms with E-state index in [4.69, 9.17) is 4.74 Å². The number of carboxylic acids is 1. The largest absolute Gasteiger partial charge is 0.477 e. The quantitative estimate of drug-likeness (QED) is 0.526. The third-order valence-electron chi connectivity index (χ3n) is 3.77. The number of carbonyl (C=O) groups is 2. The molecular formula is C22H16BrNO4. The van der Waals surface area contributed by atoms with Gasteiger partial charge in [-0.3, -0.25) is 4.79 Å². The molecule has 0 spiro atoms. The molecule has 0 atom stereocenters. The van der Waals surface area contributed by atoms with Gasteiger partial charge < -0.3 is 15.2 Å². The van der Waals surface area contributed by atoms with E-state index < -0.39 is 11.9 Å². The summed E-state index contributed by atoms with van der Waals surface area (Å²) >= 11 is 3.42. The minimum atomic E-state index is -1.22. The van der Waals surface area contributed by atoms with E-state index in [0.29, 0.717) is 22.6 Å². The van der Waals surface area contributed by atoms with Gasteiger partial charge in [-0.25, -0.2) is 4.79 Å². The standard InChI is InChI=1S/C22H16BrNO4/c23-18-8-4-5-9-20(18)28-17-12-10-15(11-13-17)14-19(22(26)27)24-21(25)16-6-2-1-3-7-16/h1-14H,(H,24,25)(H,26,27)/b19-14-. The van der Waals surface area contributed by atoms with Crippen molar-refractivity contribution < 1.29 is 19.4 Å². The molecule has 0 radical (unpaired) electrons. The second kappa shape index (κ2) is 9.01. The molecule has 1 amide bonds. The van der Waals surface area contributed by atoms with Gasteiger partial charge in [0.05, 0.1) is 4.47 Å². The summed E-state index contributed by atoms with van der Waals surface area (Å²) in [6.45, 7) is 0. The molecule has 0 saturated carbocycles. The summed E-state index contributed by atoms with van der Waals surface area (Å²) < 4.78 is 6.61. The molecule has 0 bridgehead atoms. The van der Waals surface area contributed by atoms with Gasteiger partial charge in [0.2, 0.25) is 0 Å². The van der Waals surface area contributed by atoms with E-state index in [1.165, 1.54) is 6.08 Å². The van der Waals surface area contributed by atoms with Gasteiger partial charge in [-0.15, -0.1) is 0 Å². The molecule has 0 fully saturated rings. The van der Waals surface area contributed by atoms with Crippen LogP contribution in [-0.4, -0.2) is 17.0 Å². The van der Waals surface area contributed by atoms with Crippen LogP contribution >= 0.6 is 15.9 Å². The van der Waals surface area contributed by atoms with Crippen molar-refractivity contribution in [3.05, 3.63) is 100 Å². The van der Waals surface area contributed by atoms with Crippen LogP contribution in [0.2, 0.25) is 0 Å². The Balaban J connectivity index is 1.75. The van der Waals surface area contributed by atoms with E-state index in [1.807, 2.05) is 24.3 Å². The molecule has 0 heterocycles. The molecule has 0 unspecified atom stereocenters. The molecule has 28 heavy (non-hydrogen) atoms. The third-order valence-corrected chi connectivity index (χ3v) is 4.43. The Morgan fingerprint density at radius 2 is 1.54 bits per heavy atom. The number of hydrogen-bond donors (Lipinski definition) is 2. The summed E-state index contributed by atoms with van der Waals surface area (Å²) in [5.74, 6) is -0.428. The van der Waals surface area contributed by atoms with Crippen LogP contribution in [0.15, 0.2) is 89.0 Å². The van der Waals surface area contributed by atoms with Crippen molar-refractivity contribution in [3.8, 4) is 11.5 Å². The lowest BCUT2D eigenvalue weighted by Crippen LogP contribution is -2.27. The van der Waals surface area contributed by atoms with Crippen LogP contribution in [0.1, 0.15) is 15.9 Å². The van der Waals surface area contributed by atoms with Crippen LogP contribution in [0.5, 0.6) is 11.5 Å². The zero-order valence-corrected chi connectivity index (χ0v) is 16.2. The van der Waals surface area contributed by atoms with Crippen molar-refractivity contribution in [3.63, 3.8) is 0 Å². The molecule has 0 aliphatic rings. The SMILES string of the molecule is O=C(O)/C(=C/c1ccc(Oc2ccccc2Br)cc1)NC(=O)c1ccccc1. The fourth-order valence-corrected chi connectivity index (χ4v) is 2.75. The van der Waals surface area contributed by atoms with Crippen molar-refractivity contribution in [2.75, 3.05) is 0 Å². The van der Waals surface area contributed by atoms with Gasteiger partial charge in [-0.2, -0.15) is 0 Å². The lowest BCUT2D eigenvalue weighted by Gasteiger charge is -2.08. The van der Waals surface area contributed by atoms with Gasteiger partial charge in [-0.05, 0) is 64.0 Å². The zero-order valence-electron chi connectivity index (χ0n) is 14.6. The van der Waals surface area contributed by atoms with Crippen LogP contribution in [0.3, 0.4) is 0 Å². The van der Waals surface area contributed by atoms with Crippen LogP contribution in [0, 0.1) is 0 Å². The highest BCUT2D eigenvalue weighted by Crippen LogP contribution is 2.29. The Bertz CT molecular complexity index is 1010. The van der Waals surface area contributed by atoms with Crippen LogP contribution < -0.4 is 10.1 Å². The fourth-order valence-electron chi connectivity index (χ4n) is 2.39. The molecule has 6 heteroatoms. The first-order valence-corrected chi connectivity index (χ1v) is 9.16. The van der Waals surface area contributed by atoms with Crippen LogP contribution in [0.4, 0.5) is 0 Å². The lowest BCUT2D eigenvalue weighted by molar-refractivity contribution is -0.132. The predicted octanol–water partition coefficient (Wildman–Crippen LogP) is 5.10. The molecular weight excluding hydrogens is 422 g/mol. The smallest absolute Gasteiger partial charge is 0.352 e. The molecule has 0 saturated heterocycles. The first-order valence-electron chi connectivity index (χ1n) is 8.37. The number of aliphatic carboxylic acids is 1. The van der Waals surface area contributed by atoms with Crippen molar-refractivity contribution in [1.29, 1.82) is 0 Å². The number of nitrogens with one attached hydrogen (secondary N) is 1. The molecule has 5 nitrogen and oxygen atoms in total.